The zero-order chi connectivity index (χ0) is 41.9. The Labute approximate surface area is 341 Å². The van der Waals surface area contributed by atoms with Gasteiger partial charge in [-0.2, -0.15) is 18.4 Å². The number of ketones is 1. The van der Waals surface area contributed by atoms with Crippen LogP contribution in [0.2, 0.25) is 0 Å². The molecule has 0 spiro atoms. The van der Waals surface area contributed by atoms with Gasteiger partial charge in [0, 0.05) is 56.7 Å². The summed E-state index contributed by atoms with van der Waals surface area (Å²) < 4.78 is 47.6. The lowest BCUT2D eigenvalue weighted by Gasteiger charge is -2.39. The predicted octanol–water partition coefficient (Wildman–Crippen LogP) is 5.85. The third-order valence-electron chi connectivity index (χ3n) is 11.2. The molecule has 306 valence electrons. The van der Waals surface area contributed by atoms with Crippen LogP contribution in [0.5, 0.6) is 5.75 Å². The van der Waals surface area contributed by atoms with Gasteiger partial charge < -0.3 is 9.64 Å². The molecule has 15 heteroatoms. The molecule has 6 rings (SSSR count). The molecule has 3 aromatic rings. The number of nitrogens with one attached hydrogen (secondary N) is 1. The van der Waals surface area contributed by atoms with Crippen molar-refractivity contribution in [1.29, 1.82) is 5.26 Å². The van der Waals surface area contributed by atoms with Crippen LogP contribution in [0.15, 0.2) is 60.7 Å². The number of amides is 3. The summed E-state index contributed by atoms with van der Waals surface area (Å²) in [6.45, 7) is 11.1. The Balaban J connectivity index is 1.01. The monoisotopic (exact) mass is 816 g/mol. The smallest absolute Gasteiger partial charge is 0.417 e. The minimum atomic E-state index is -4.79. The number of hydrogen-bond acceptors (Lipinski definition) is 9. The summed E-state index contributed by atoms with van der Waals surface area (Å²) in [5, 5.41) is 11.7. The number of anilines is 2. The average molecular weight is 817 g/mol. The topological polar surface area (TPSA) is 126 Å². The van der Waals surface area contributed by atoms with Crippen LogP contribution in [-0.2, 0) is 44.6 Å². The van der Waals surface area contributed by atoms with Gasteiger partial charge in [-0.3, -0.25) is 39.2 Å². The number of halogens is 3. The summed E-state index contributed by atoms with van der Waals surface area (Å²) in [5.74, 6) is -0.416. The standard InChI is InChI=1S/C43H47F3N6O5S/c1-5-30-22-34(52-41(58)51(40(56)42(52,3)4)33-11-9-32(24-47)36(23-33)43(44,45)46)12-13-37(30)57-18-17-49-15-16-50(27(2)25-49)26-35(53)21-29-8-6-7-28(19-29)20-31-10-14-38(54)48-39(31)55/h6-9,11-13,19,22-23,27,31H,5,10,14-18,20-21,25-26H2,1-4H3,(H,48,54,55)/t27-,31?/m1/s1. The van der Waals surface area contributed by atoms with Crippen LogP contribution >= 0.6 is 12.2 Å². The third-order valence-corrected chi connectivity index (χ3v) is 11.5. The molecule has 1 unspecified atom stereocenters. The molecule has 0 bridgehead atoms. The molecule has 58 heavy (non-hydrogen) atoms. The molecule has 3 aromatic carbocycles. The fraction of sp³-hybridized carbons (Fsp3) is 0.442. The molecule has 0 aliphatic carbocycles. The zero-order valence-electron chi connectivity index (χ0n) is 33.0. The first kappa shape index (κ1) is 42.4. The van der Waals surface area contributed by atoms with Crippen LogP contribution < -0.4 is 19.9 Å². The molecule has 0 radical (unpaired) electrons. The summed E-state index contributed by atoms with van der Waals surface area (Å²) in [5.41, 5.74) is 0.384. The quantitative estimate of drug-likeness (QED) is 0.166. The highest BCUT2D eigenvalue weighted by Gasteiger charge is 2.51. The molecule has 3 fully saturated rings. The number of nitriles is 1. The van der Waals surface area contributed by atoms with E-state index in [0.29, 0.717) is 63.2 Å². The van der Waals surface area contributed by atoms with E-state index in [4.69, 9.17) is 17.0 Å². The Morgan fingerprint density at radius 1 is 1.03 bits per heavy atom. The molecule has 2 atom stereocenters. The second-order valence-electron chi connectivity index (χ2n) is 15.7. The van der Waals surface area contributed by atoms with E-state index in [1.54, 1.807) is 30.9 Å². The molecule has 3 heterocycles. The van der Waals surface area contributed by atoms with E-state index in [-0.39, 0.29) is 40.4 Å². The lowest BCUT2D eigenvalue weighted by atomic mass is 9.90. The Kier molecular flexibility index (Phi) is 12.7. The number of aryl methyl sites for hydroxylation is 1. The molecule has 3 aliphatic rings. The summed E-state index contributed by atoms with van der Waals surface area (Å²) in [7, 11) is 0. The van der Waals surface area contributed by atoms with E-state index < -0.39 is 28.7 Å². The van der Waals surface area contributed by atoms with E-state index in [2.05, 4.69) is 22.0 Å². The Morgan fingerprint density at radius 2 is 1.78 bits per heavy atom. The number of Topliss-reactive ketones (excluding diaryl/α,β-unsaturated/α-hetero) is 1. The van der Waals surface area contributed by atoms with E-state index in [1.165, 1.54) is 6.07 Å². The maximum atomic E-state index is 13.8. The number of thiocarbonyl (C=S) groups is 1. The number of alkyl halides is 3. The second kappa shape index (κ2) is 17.4. The molecule has 0 saturated carbocycles. The number of piperidine rings is 1. The van der Waals surface area contributed by atoms with Gasteiger partial charge in [-0.1, -0.05) is 31.2 Å². The van der Waals surface area contributed by atoms with E-state index >= 15 is 0 Å². The maximum absolute atomic E-state index is 13.8. The zero-order valence-corrected chi connectivity index (χ0v) is 33.8. The van der Waals surface area contributed by atoms with Crippen molar-refractivity contribution < 1.29 is 37.1 Å². The van der Waals surface area contributed by atoms with Crippen molar-refractivity contribution in [2.45, 2.75) is 77.6 Å². The Hall–Kier alpha value is -5.17. The number of rotatable bonds is 13. The summed E-state index contributed by atoms with van der Waals surface area (Å²) >= 11 is 5.72. The van der Waals surface area contributed by atoms with E-state index in [9.17, 15) is 37.6 Å². The SMILES string of the molecule is CCc1cc(N2C(=S)N(c3ccc(C#N)c(C(F)(F)F)c3)C(=O)C2(C)C)ccc1OCCN1CCN(CC(=O)Cc2cccc(CC3CCC(=O)NC3=O)c2)[C@H](C)C1. The number of nitrogens with zero attached hydrogens (tertiary/aromatic N) is 5. The van der Waals surface area contributed by atoms with Crippen molar-refractivity contribution in [1.82, 2.24) is 15.1 Å². The van der Waals surface area contributed by atoms with E-state index in [1.807, 2.05) is 43.3 Å². The predicted molar refractivity (Wildman–Crippen MR) is 216 cm³/mol. The van der Waals surface area contributed by atoms with Crippen molar-refractivity contribution in [2.24, 2.45) is 5.92 Å². The van der Waals surface area contributed by atoms with Crippen LogP contribution in [0, 0.1) is 17.2 Å². The van der Waals surface area contributed by atoms with Gasteiger partial charge in [-0.15, -0.1) is 0 Å². The fourth-order valence-corrected chi connectivity index (χ4v) is 8.49. The lowest BCUT2D eigenvalue weighted by Crippen LogP contribution is -2.53. The summed E-state index contributed by atoms with van der Waals surface area (Å²) in [4.78, 5) is 57.8. The van der Waals surface area contributed by atoms with Gasteiger partial charge in [0.05, 0.1) is 29.4 Å². The molecular formula is C43H47F3N6O5S. The molecule has 11 nitrogen and oxygen atoms in total. The molecule has 3 aliphatic heterocycles. The second-order valence-corrected chi connectivity index (χ2v) is 16.0. The van der Waals surface area contributed by atoms with Crippen LogP contribution in [0.4, 0.5) is 24.5 Å². The van der Waals surface area contributed by atoms with Crippen LogP contribution in [0.25, 0.3) is 0 Å². The van der Waals surface area contributed by atoms with Gasteiger partial charge in [0.2, 0.25) is 11.8 Å². The fourth-order valence-electron chi connectivity index (χ4n) is 7.97. The number of carbonyl (C=O) groups excluding carboxylic acids is 4. The number of imide groups is 1. The molecule has 3 amide bonds. The summed E-state index contributed by atoms with van der Waals surface area (Å²) in [6.07, 6.45) is -2.48. The van der Waals surface area contributed by atoms with Gasteiger partial charge >= 0.3 is 6.18 Å². The largest absolute Gasteiger partial charge is 0.492 e. The minimum Gasteiger partial charge on any atom is -0.492 e. The molecular weight excluding hydrogens is 770 g/mol. The highest BCUT2D eigenvalue weighted by Crippen LogP contribution is 2.40. The molecule has 3 saturated heterocycles. The van der Waals surface area contributed by atoms with Gasteiger partial charge in [-0.05, 0) is 105 Å². The first-order valence-electron chi connectivity index (χ1n) is 19.5. The molecule has 0 aromatic heterocycles. The summed E-state index contributed by atoms with van der Waals surface area (Å²) in [6, 6.07) is 18.1. The van der Waals surface area contributed by atoms with Gasteiger partial charge in [0.1, 0.15) is 17.9 Å². The van der Waals surface area contributed by atoms with Crippen molar-refractivity contribution in [3.05, 3.63) is 88.5 Å². The van der Waals surface area contributed by atoms with Crippen LogP contribution in [0.1, 0.15) is 68.4 Å². The van der Waals surface area contributed by atoms with Crippen molar-refractivity contribution in [2.75, 3.05) is 49.1 Å². The van der Waals surface area contributed by atoms with Crippen molar-refractivity contribution in [3.8, 4) is 11.8 Å². The number of ether oxygens (including phenoxy) is 1. The third kappa shape index (κ3) is 9.25. The van der Waals surface area contributed by atoms with Crippen molar-refractivity contribution >= 4 is 52.2 Å². The number of hydrogen-bond donors (Lipinski definition) is 1. The van der Waals surface area contributed by atoms with Gasteiger partial charge in [0.15, 0.2) is 10.9 Å². The average Bonchev–Trinajstić information content (AvgIpc) is 3.35. The maximum Gasteiger partial charge on any atom is 0.417 e. The van der Waals surface area contributed by atoms with Crippen molar-refractivity contribution in [3.63, 3.8) is 0 Å². The number of piperazine rings is 1. The first-order valence-corrected chi connectivity index (χ1v) is 19.9. The van der Waals surface area contributed by atoms with Gasteiger partial charge in [0.25, 0.3) is 5.91 Å². The van der Waals surface area contributed by atoms with E-state index in [0.717, 1.165) is 53.4 Å². The Morgan fingerprint density at radius 3 is 2.47 bits per heavy atom. The number of benzene rings is 3. The highest BCUT2D eigenvalue weighted by atomic mass is 32.1. The van der Waals surface area contributed by atoms with Crippen LogP contribution in [-0.4, -0.2) is 89.3 Å². The minimum absolute atomic E-state index is 0.0229. The normalized spacial score (nSPS) is 20.3. The lowest BCUT2D eigenvalue weighted by molar-refractivity contribution is -0.138. The first-order chi connectivity index (χ1) is 27.5. The molecule has 1 N–H and O–H groups in total. The number of carbonyl (C=O) groups is 4. The Bertz CT molecular complexity index is 2150. The van der Waals surface area contributed by atoms with Crippen LogP contribution in [0.3, 0.4) is 0 Å². The van der Waals surface area contributed by atoms with Gasteiger partial charge in [-0.25, -0.2) is 0 Å². The highest BCUT2D eigenvalue weighted by molar-refractivity contribution is 7.81.